The van der Waals surface area contributed by atoms with Gasteiger partial charge in [0.2, 0.25) is 0 Å². The fraction of sp³-hybridized carbons (Fsp3) is 0.462. The van der Waals surface area contributed by atoms with Crippen LogP contribution < -0.4 is 10.0 Å². The third-order valence-electron chi connectivity index (χ3n) is 2.37. The Hall–Kier alpha value is -1.36. The van der Waals surface area contributed by atoms with Gasteiger partial charge in [0.1, 0.15) is 11.9 Å². The first-order valence-corrected chi connectivity index (χ1v) is 6.48. The van der Waals surface area contributed by atoms with Crippen LogP contribution in [0.3, 0.4) is 0 Å². The van der Waals surface area contributed by atoms with Gasteiger partial charge < -0.3 is 10.1 Å². The molecule has 1 aliphatic heterocycles. The summed E-state index contributed by atoms with van der Waals surface area (Å²) in [6.07, 6.45) is 5.16. The Morgan fingerprint density at radius 2 is 2.17 bits per heavy atom. The summed E-state index contributed by atoms with van der Waals surface area (Å²) in [6, 6.07) is -0.328. The molecule has 0 radical (unpaired) electrons. The van der Waals surface area contributed by atoms with E-state index in [0.717, 1.165) is 24.2 Å². The Bertz CT molecular complexity index is 327. The van der Waals surface area contributed by atoms with Crippen molar-refractivity contribution in [1.29, 1.82) is 0 Å². The summed E-state index contributed by atoms with van der Waals surface area (Å²) in [4.78, 5) is 10.9. The van der Waals surface area contributed by atoms with Crippen LogP contribution in [0.1, 0.15) is 26.7 Å². The Labute approximate surface area is 115 Å². The number of nitrogens with one attached hydrogen (secondary N) is 2. The highest BCUT2D eigenvalue weighted by molar-refractivity contribution is 7.78. The van der Waals surface area contributed by atoms with Crippen LogP contribution in [0.5, 0.6) is 0 Å². The molecule has 1 atom stereocenters. The molecule has 0 saturated heterocycles. The molecule has 0 fully saturated rings. The molecule has 2 N–H and O–H groups in total. The Balaban J connectivity index is 0.00000137. The maximum Gasteiger partial charge on any atom is 0.324 e. The van der Waals surface area contributed by atoms with Crippen molar-refractivity contribution in [2.24, 2.45) is 0 Å². The van der Waals surface area contributed by atoms with Crippen LogP contribution in [0.15, 0.2) is 36.6 Å². The largest absolute Gasteiger partial charge is 0.488 e. The highest BCUT2D eigenvalue weighted by Crippen LogP contribution is 2.24. The second-order valence-electron chi connectivity index (χ2n) is 3.40. The molecule has 0 saturated carbocycles. The van der Waals surface area contributed by atoms with E-state index in [1.807, 2.05) is 13.8 Å². The molecule has 0 aromatic rings. The molecule has 1 rings (SSSR count). The minimum absolute atomic E-state index is 0.0256. The first-order valence-electron chi connectivity index (χ1n) is 6.04. The molecular weight excluding hydrogens is 248 g/mol. The van der Waals surface area contributed by atoms with Crippen molar-refractivity contribution in [2.75, 3.05) is 6.54 Å². The predicted octanol–water partition coefficient (Wildman–Crippen LogP) is 2.96. The minimum Gasteiger partial charge on any atom is -0.488 e. The SMILES string of the molecule is C=CC1=C(C=C)OC(CNC(=O)NS)CC1.CC. The second-order valence-corrected chi connectivity index (χ2v) is 3.62. The lowest BCUT2D eigenvalue weighted by atomic mass is 10.0. The highest BCUT2D eigenvalue weighted by Gasteiger charge is 2.19. The van der Waals surface area contributed by atoms with Crippen LogP contribution in [0.25, 0.3) is 0 Å². The van der Waals surface area contributed by atoms with Crippen LogP contribution in [-0.4, -0.2) is 18.7 Å². The summed E-state index contributed by atoms with van der Waals surface area (Å²) in [5.74, 6) is 0.749. The third kappa shape index (κ3) is 5.31. The fourth-order valence-corrected chi connectivity index (χ4v) is 1.60. The zero-order valence-corrected chi connectivity index (χ0v) is 11.9. The van der Waals surface area contributed by atoms with Crippen molar-refractivity contribution in [1.82, 2.24) is 10.0 Å². The smallest absolute Gasteiger partial charge is 0.324 e. The predicted molar refractivity (Wildman–Crippen MR) is 78.4 cm³/mol. The normalized spacial score (nSPS) is 17.8. The van der Waals surface area contributed by atoms with Crippen LogP contribution in [0, 0.1) is 0 Å². The van der Waals surface area contributed by atoms with Crippen molar-refractivity contribution in [3.05, 3.63) is 36.6 Å². The van der Waals surface area contributed by atoms with E-state index in [9.17, 15) is 4.79 Å². The Kier molecular flexibility index (Phi) is 8.92. The highest BCUT2D eigenvalue weighted by atomic mass is 32.1. The van der Waals surface area contributed by atoms with Crippen molar-refractivity contribution in [2.45, 2.75) is 32.8 Å². The zero-order chi connectivity index (χ0) is 14.0. The van der Waals surface area contributed by atoms with Crippen LogP contribution in [0.4, 0.5) is 4.79 Å². The molecule has 0 spiro atoms. The quantitative estimate of drug-likeness (QED) is 0.688. The molecule has 18 heavy (non-hydrogen) atoms. The number of thiol groups is 1. The van der Waals surface area contributed by atoms with E-state index < -0.39 is 0 Å². The van der Waals surface area contributed by atoms with Gasteiger partial charge >= 0.3 is 6.03 Å². The van der Waals surface area contributed by atoms with Gasteiger partial charge in [-0.3, -0.25) is 4.72 Å². The number of carbonyl (C=O) groups is 1. The van der Waals surface area contributed by atoms with E-state index in [1.165, 1.54) is 0 Å². The van der Waals surface area contributed by atoms with E-state index in [4.69, 9.17) is 4.74 Å². The molecule has 1 unspecified atom stereocenters. The number of amides is 2. The lowest BCUT2D eigenvalue weighted by Gasteiger charge is -2.26. The summed E-state index contributed by atoms with van der Waals surface area (Å²) in [7, 11) is 0. The number of hydrogen-bond acceptors (Lipinski definition) is 3. The van der Waals surface area contributed by atoms with Gasteiger partial charge in [0, 0.05) is 0 Å². The number of carbonyl (C=O) groups excluding carboxylic acids is 1. The monoisotopic (exact) mass is 270 g/mol. The van der Waals surface area contributed by atoms with Gasteiger partial charge in [0.05, 0.1) is 6.54 Å². The van der Waals surface area contributed by atoms with Crippen molar-refractivity contribution < 1.29 is 9.53 Å². The maximum atomic E-state index is 10.9. The lowest BCUT2D eigenvalue weighted by Crippen LogP contribution is -2.38. The molecular formula is C13H22N2O2S. The Morgan fingerprint density at radius 3 is 2.67 bits per heavy atom. The molecule has 0 bridgehead atoms. The number of ether oxygens (including phenoxy) is 1. The number of urea groups is 1. The molecule has 102 valence electrons. The maximum absolute atomic E-state index is 10.9. The molecule has 0 aromatic heterocycles. The summed E-state index contributed by atoms with van der Waals surface area (Å²) in [6.45, 7) is 11.9. The topological polar surface area (TPSA) is 50.4 Å². The van der Waals surface area contributed by atoms with Gasteiger partial charge in [-0.2, -0.15) is 0 Å². The summed E-state index contributed by atoms with van der Waals surface area (Å²) in [5.41, 5.74) is 1.06. The summed E-state index contributed by atoms with van der Waals surface area (Å²) in [5, 5.41) is 2.65. The first kappa shape index (κ1) is 16.6. The average molecular weight is 270 g/mol. The van der Waals surface area contributed by atoms with Crippen LogP contribution >= 0.6 is 12.8 Å². The summed E-state index contributed by atoms with van der Waals surface area (Å²) < 4.78 is 7.85. The molecule has 0 aromatic carbocycles. The number of allylic oxidation sites excluding steroid dienone is 3. The van der Waals surface area contributed by atoms with Gasteiger partial charge in [-0.05, 0) is 24.5 Å². The average Bonchev–Trinajstić information content (AvgIpc) is 2.46. The van der Waals surface area contributed by atoms with Crippen molar-refractivity contribution in [3.8, 4) is 0 Å². The molecule has 1 aliphatic rings. The molecule has 5 heteroatoms. The summed E-state index contributed by atoms with van der Waals surface area (Å²) >= 11 is 3.64. The van der Waals surface area contributed by atoms with Crippen LogP contribution in [-0.2, 0) is 4.74 Å². The van der Waals surface area contributed by atoms with Crippen molar-refractivity contribution in [3.63, 3.8) is 0 Å². The number of rotatable bonds is 4. The van der Waals surface area contributed by atoms with Gasteiger partial charge in [-0.15, -0.1) is 0 Å². The van der Waals surface area contributed by atoms with Crippen LogP contribution in [0.2, 0.25) is 0 Å². The van der Waals surface area contributed by atoms with E-state index >= 15 is 0 Å². The van der Waals surface area contributed by atoms with E-state index in [0.29, 0.717) is 6.54 Å². The standard InChI is InChI=1S/C11H16N2O2S.C2H6/c1-3-8-5-6-9(15-10(8)4-2)7-12-11(14)13-16;1-2/h3-4,9,16H,1-2,5-7H2,(H2,12,13,14);1-2H3. The van der Waals surface area contributed by atoms with Gasteiger partial charge in [0.15, 0.2) is 0 Å². The third-order valence-corrected chi connectivity index (χ3v) is 2.57. The zero-order valence-electron chi connectivity index (χ0n) is 11.0. The lowest BCUT2D eigenvalue weighted by molar-refractivity contribution is 0.102. The fourth-order valence-electron chi connectivity index (χ4n) is 1.53. The Morgan fingerprint density at radius 1 is 1.50 bits per heavy atom. The molecule has 2 amide bonds. The van der Waals surface area contributed by atoms with E-state index in [1.54, 1.807) is 12.2 Å². The van der Waals surface area contributed by atoms with Gasteiger partial charge in [-0.1, -0.05) is 45.9 Å². The van der Waals surface area contributed by atoms with Crippen molar-refractivity contribution >= 4 is 18.8 Å². The number of hydrogen-bond donors (Lipinski definition) is 3. The molecule has 4 nitrogen and oxygen atoms in total. The van der Waals surface area contributed by atoms with E-state index in [-0.39, 0.29) is 12.1 Å². The first-order chi connectivity index (χ1) is 8.71. The van der Waals surface area contributed by atoms with Gasteiger partial charge in [0.25, 0.3) is 0 Å². The molecule has 0 aliphatic carbocycles. The van der Waals surface area contributed by atoms with E-state index in [2.05, 4.69) is 36.0 Å². The second kappa shape index (κ2) is 9.65. The molecule has 1 heterocycles. The van der Waals surface area contributed by atoms with Gasteiger partial charge in [-0.25, -0.2) is 4.79 Å². The minimum atomic E-state index is -0.328.